The van der Waals surface area contributed by atoms with Crippen molar-refractivity contribution in [2.24, 2.45) is 0 Å². The van der Waals surface area contributed by atoms with E-state index < -0.39 is 0 Å². The first-order valence-corrected chi connectivity index (χ1v) is 3.86. The normalized spacial score (nSPS) is 9.75. The molecule has 1 rings (SSSR count). The van der Waals surface area contributed by atoms with Crippen LogP contribution in [0.15, 0.2) is 25.0 Å². The third-order valence-electron chi connectivity index (χ3n) is 1.16. The minimum atomic E-state index is 0.391. The summed E-state index contributed by atoms with van der Waals surface area (Å²) in [6, 6.07) is 0. The molecular formula is C8H9ClN2O. The van der Waals surface area contributed by atoms with Gasteiger partial charge in [-0.1, -0.05) is 17.7 Å². The van der Waals surface area contributed by atoms with Gasteiger partial charge in [0.25, 0.3) is 0 Å². The van der Waals surface area contributed by atoms with Gasteiger partial charge in [0.1, 0.15) is 5.15 Å². The number of hydrogen-bond acceptors (Lipinski definition) is 3. The molecule has 0 aromatic carbocycles. The molecule has 1 aromatic rings. The summed E-state index contributed by atoms with van der Waals surface area (Å²) in [5, 5.41) is 0.391. The van der Waals surface area contributed by atoms with E-state index in [-0.39, 0.29) is 0 Å². The minimum absolute atomic E-state index is 0.391. The molecule has 0 N–H and O–H groups in total. The maximum atomic E-state index is 5.54. The van der Waals surface area contributed by atoms with Gasteiger partial charge in [-0.25, -0.2) is 4.98 Å². The Kier molecular flexibility index (Phi) is 3.70. The third-order valence-corrected chi connectivity index (χ3v) is 1.35. The number of halogens is 1. The number of nitrogens with zero attached hydrogens (tertiary/aromatic N) is 2. The highest BCUT2D eigenvalue weighted by Crippen LogP contribution is 2.01. The molecule has 0 bridgehead atoms. The average molecular weight is 185 g/mol. The van der Waals surface area contributed by atoms with E-state index in [1.165, 1.54) is 6.20 Å². The fourth-order valence-corrected chi connectivity index (χ4v) is 0.758. The number of aromatic nitrogens is 2. The summed E-state index contributed by atoms with van der Waals surface area (Å²) in [5.41, 5.74) is 0.765. The first-order valence-electron chi connectivity index (χ1n) is 3.48. The standard InChI is InChI=1S/C8H9ClN2O/c1-2-3-12-6-7-4-11-8(9)5-10-7/h2,4-5H,1,3,6H2. The molecule has 0 saturated carbocycles. The van der Waals surface area contributed by atoms with E-state index in [0.717, 1.165) is 5.69 Å². The molecule has 0 amide bonds. The van der Waals surface area contributed by atoms with Crippen molar-refractivity contribution in [3.63, 3.8) is 0 Å². The van der Waals surface area contributed by atoms with Crippen LogP contribution in [-0.4, -0.2) is 16.6 Å². The van der Waals surface area contributed by atoms with E-state index in [1.54, 1.807) is 12.3 Å². The van der Waals surface area contributed by atoms with Crippen molar-refractivity contribution in [1.82, 2.24) is 9.97 Å². The second-order valence-corrected chi connectivity index (χ2v) is 2.52. The van der Waals surface area contributed by atoms with Crippen molar-refractivity contribution >= 4 is 11.6 Å². The molecule has 0 aliphatic rings. The summed E-state index contributed by atoms with van der Waals surface area (Å²) in [6.45, 7) is 4.48. The van der Waals surface area contributed by atoms with E-state index in [4.69, 9.17) is 16.3 Å². The topological polar surface area (TPSA) is 35.0 Å². The first-order chi connectivity index (χ1) is 5.83. The van der Waals surface area contributed by atoms with E-state index in [9.17, 15) is 0 Å². The second kappa shape index (κ2) is 4.85. The van der Waals surface area contributed by atoms with Gasteiger partial charge in [-0.3, -0.25) is 4.98 Å². The lowest BCUT2D eigenvalue weighted by Crippen LogP contribution is -1.96. The Morgan fingerprint density at radius 1 is 1.50 bits per heavy atom. The molecule has 0 unspecified atom stereocenters. The Labute approximate surface area is 76.1 Å². The lowest BCUT2D eigenvalue weighted by atomic mass is 10.5. The van der Waals surface area contributed by atoms with Crippen LogP contribution in [0.25, 0.3) is 0 Å². The maximum absolute atomic E-state index is 5.54. The summed E-state index contributed by atoms with van der Waals surface area (Å²) < 4.78 is 5.15. The van der Waals surface area contributed by atoms with E-state index >= 15 is 0 Å². The van der Waals surface area contributed by atoms with Crippen LogP contribution >= 0.6 is 11.6 Å². The second-order valence-electron chi connectivity index (χ2n) is 2.13. The molecule has 64 valence electrons. The fourth-order valence-electron chi connectivity index (χ4n) is 0.660. The molecule has 0 fully saturated rings. The molecule has 4 heteroatoms. The van der Waals surface area contributed by atoms with Crippen LogP contribution in [0.5, 0.6) is 0 Å². The molecular weight excluding hydrogens is 176 g/mol. The number of hydrogen-bond donors (Lipinski definition) is 0. The van der Waals surface area contributed by atoms with Crippen LogP contribution in [0, 0.1) is 0 Å². The number of ether oxygens (including phenoxy) is 1. The zero-order valence-corrected chi connectivity index (χ0v) is 7.29. The predicted molar refractivity (Wildman–Crippen MR) is 46.9 cm³/mol. The molecule has 0 aliphatic heterocycles. The van der Waals surface area contributed by atoms with Crippen LogP contribution in [0.1, 0.15) is 5.69 Å². The van der Waals surface area contributed by atoms with Crippen LogP contribution in [0.2, 0.25) is 5.15 Å². The molecule has 3 nitrogen and oxygen atoms in total. The van der Waals surface area contributed by atoms with Crippen LogP contribution in [0.3, 0.4) is 0 Å². The van der Waals surface area contributed by atoms with Gasteiger partial charge in [0.05, 0.1) is 31.3 Å². The summed E-state index contributed by atoms with van der Waals surface area (Å²) in [4.78, 5) is 7.85. The Morgan fingerprint density at radius 2 is 2.33 bits per heavy atom. The summed E-state index contributed by atoms with van der Waals surface area (Å²) in [5.74, 6) is 0. The smallest absolute Gasteiger partial charge is 0.147 e. The van der Waals surface area contributed by atoms with E-state index in [2.05, 4.69) is 16.5 Å². The van der Waals surface area contributed by atoms with E-state index in [0.29, 0.717) is 18.4 Å². The monoisotopic (exact) mass is 184 g/mol. The Morgan fingerprint density at radius 3 is 2.92 bits per heavy atom. The maximum Gasteiger partial charge on any atom is 0.147 e. The molecule has 0 saturated heterocycles. The largest absolute Gasteiger partial charge is 0.371 e. The van der Waals surface area contributed by atoms with Crippen LogP contribution in [0.4, 0.5) is 0 Å². The SMILES string of the molecule is C=CCOCc1cnc(Cl)cn1. The fraction of sp³-hybridized carbons (Fsp3) is 0.250. The highest BCUT2D eigenvalue weighted by molar-refractivity contribution is 6.29. The Hall–Kier alpha value is -0.930. The lowest BCUT2D eigenvalue weighted by molar-refractivity contribution is 0.145. The molecule has 1 aromatic heterocycles. The van der Waals surface area contributed by atoms with Crippen molar-refractivity contribution in [3.8, 4) is 0 Å². The quantitative estimate of drug-likeness (QED) is 0.529. The molecule has 12 heavy (non-hydrogen) atoms. The van der Waals surface area contributed by atoms with Gasteiger partial charge in [0.15, 0.2) is 0 Å². The van der Waals surface area contributed by atoms with Gasteiger partial charge in [-0.15, -0.1) is 6.58 Å². The van der Waals surface area contributed by atoms with Crippen LogP contribution < -0.4 is 0 Å². The third kappa shape index (κ3) is 2.98. The number of rotatable bonds is 4. The van der Waals surface area contributed by atoms with Gasteiger partial charge in [0, 0.05) is 0 Å². The van der Waals surface area contributed by atoms with Gasteiger partial charge in [-0.2, -0.15) is 0 Å². The highest BCUT2D eigenvalue weighted by atomic mass is 35.5. The summed E-state index contributed by atoms with van der Waals surface area (Å²) in [7, 11) is 0. The van der Waals surface area contributed by atoms with Crippen molar-refractivity contribution in [2.45, 2.75) is 6.61 Å². The zero-order chi connectivity index (χ0) is 8.81. The van der Waals surface area contributed by atoms with Crippen molar-refractivity contribution in [1.29, 1.82) is 0 Å². The Bertz CT molecular complexity index is 248. The van der Waals surface area contributed by atoms with E-state index in [1.807, 2.05) is 0 Å². The van der Waals surface area contributed by atoms with Crippen molar-refractivity contribution in [3.05, 3.63) is 35.9 Å². The van der Waals surface area contributed by atoms with Crippen molar-refractivity contribution in [2.75, 3.05) is 6.61 Å². The zero-order valence-electron chi connectivity index (χ0n) is 6.53. The molecule has 0 radical (unpaired) electrons. The predicted octanol–water partition coefficient (Wildman–Crippen LogP) is 1.83. The summed E-state index contributed by atoms with van der Waals surface area (Å²) >= 11 is 5.54. The van der Waals surface area contributed by atoms with Gasteiger partial charge in [-0.05, 0) is 0 Å². The minimum Gasteiger partial charge on any atom is -0.371 e. The van der Waals surface area contributed by atoms with Gasteiger partial charge in [0.2, 0.25) is 0 Å². The molecule has 0 atom stereocenters. The highest BCUT2D eigenvalue weighted by Gasteiger charge is 1.94. The first kappa shape index (κ1) is 9.16. The van der Waals surface area contributed by atoms with Crippen LogP contribution in [-0.2, 0) is 11.3 Å². The Balaban J connectivity index is 2.42. The molecule has 0 aliphatic carbocycles. The molecule has 0 spiro atoms. The lowest BCUT2D eigenvalue weighted by Gasteiger charge is -1.99. The van der Waals surface area contributed by atoms with Gasteiger partial charge >= 0.3 is 0 Å². The molecule has 1 heterocycles. The average Bonchev–Trinajstić information content (AvgIpc) is 2.09. The summed E-state index contributed by atoms with van der Waals surface area (Å²) in [6.07, 6.45) is 4.77. The van der Waals surface area contributed by atoms with Crippen molar-refractivity contribution < 1.29 is 4.74 Å². The van der Waals surface area contributed by atoms with Gasteiger partial charge < -0.3 is 4.74 Å².